The van der Waals surface area contributed by atoms with Crippen molar-refractivity contribution >= 4 is 11.7 Å². The maximum absolute atomic E-state index is 11.8. The van der Waals surface area contributed by atoms with E-state index in [-0.39, 0.29) is 5.56 Å². The minimum absolute atomic E-state index is 0.220. The van der Waals surface area contributed by atoms with Gasteiger partial charge in [-0.05, 0) is 20.3 Å². The molecule has 1 N–H and O–H groups in total. The molecule has 0 atom stereocenters. The summed E-state index contributed by atoms with van der Waals surface area (Å²) in [6.07, 6.45) is 1.95. The van der Waals surface area contributed by atoms with Crippen molar-refractivity contribution in [2.24, 2.45) is 5.41 Å². The average molecular weight is 253 g/mol. The van der Waals surface area contributed by atoms with Gasteiger partial charge in [-0.15, -0.1) is 0 Å². The minimum atomic E-state index is -0.875. The number of anilines is 1. The van der Waals surface area contributed by atoms with Crippen LogP contribution in [-0.4, -0.2) is 35.0 Å². The predicted molar refractivity (Wildman–Crippen MR) is 68.9 cm³/mol. The lowest BCUT2D eigenvalue weighted by molar-refractivity contribution is -0.147. The van der Waals surface area contributed by atoms with Gasteiger partial charge < -0.3 is 10.0 Å². The molecule has 18 heavy (non-hydrogen) atoms. The summed E-state index contributed by atoms with van der Waals surface area (Å²) < 4.78 is 1.29. The van der Waals surface area contributed by atoms with Crippen LogP contribution in [-0.2, 0) is 11.3 Å². The molecule has 0 fully saturated rings. The van der Waals surface area contributed by atoms with Crippen molar-refractivity contribution in [1.82, 2.24) is 9.78 Å². The van der Waals surface area contributed by atoms with Crippen LogP contribution >= 0.6 is 0 Å². The lowest BCUT2D eigenvalue weighted by Gasteiger charge is -2.19. The number of nitrogens with zero attached hydrogens (tertiary/aromatic N) is 3. The molecular formula is C12H19N3O3. The number of hydrogen-bond acceptors (Lipinski definition) is 4. The molecule has 0 spiro atoms. The highest BCUT2D eigenvalue weighted by Gasteiger charge is 2.26. The number of carboxylic acid groups (broad SMARTS) is 1. The van der Waals surface area contributed by atoms with Gasteiger partial charge in [-0.3, -0.25) is 9.59 Å². The van der Waals surface area contributed by atoms with Crippen molar-refractivity contribution in [3.63, 3.8) is 0 Å². The zero-order valence-corrected chi connectivity index (χ0v) is 11.2. The van der Waals surface area contributed by atoms with Gasteiger partial charge in [0, 0.05) is 26.7 Å². The molecule has 1 rings (SSSR count). The first-order valence-electron chi connectivity index (χ1n) is 5.72. The molecule has 6 nitrogen and oxygen atoms in total. The van der Waals surface area contributed by atoms with Crippen molar-refractivity contribution in [3.05, 3.63) is 22.6 Å². The van der Waals surface area contributed by atoms with Gasteiger partial charge in [0.2, 0.25) is 0 Å². The Morgan fingerprint density at radius 2 is 2.11 bits per heavy atom. The summed E-state index contributed by atoms with van der Waals surface area (Å²) in [5.41, 5.74) is -0.349. The standard InChI is InChI=1S/C12H19N3O3/c1-12(2,11(17)18)5-6-15-10(16)7-9(8-13-15)14(3)4/h7-8H,5-6H2,1-4H3,(H,17,18). The van der Waals surface area contributed by atoms with E-state index in [0.29, 0.717) is 13.0 Å². The molecule has 0 saturated carbocycles. The maximum atomic E-state index is 11.8. The van der Waals surface area contributed by atoms with E-state index in [0.717, 1.165) is 5.69 Å². The number of carboxylic acids is 1. The molecule has 100 valence electrons. The lowest BCUT2D eigenvalue weighted by atomic mass is 9.90. The average Bonchev–Trinajstić information content (AvgIpc) is 2.26. The van der Waals surface area contributed by atoms with Gasteiger partial charge >= 0.3 is 5.97 Å². The molecule has 0 unspecified atom stereocenters. The maximum Gasteiger partial charge on any atom is 0.309 e. The lowest BCUT2D eigenvalue weighted by Crippen LogP contribution is -2.30. The molecule has 1 aromatic heterocycles. The van der Waals surface area contributed by atoms with Crippen LogP contribution in [0.1, 0.15) is 20.3 Å². The van der Waals surface area contributed by atoms with E-state index in [2.05, 4.69) is 5.10 Å². The van der Waals surface area contributed by atoms with Crippen LogP contribution in [0.5, 0.6) is 0 Å². The van der Waals surface area contributed by atoms with Crippen molar-refractivity contribution in [1.29, 1.82) is 0 Å². The zero-order valence-electron chi connectivity index (χ0n) is 11.2. The van der Waals surface area contributed by atoms with E-state index in [4.69, 9.17) is 5.11 Å². The highest BCUT2D eigenvalue weighted by molar-refractivity contribution is 5.73. The molecule has 0 aromatic carbocycles. The Balaban J connectivity index is 2.81. The van der Waals surface area contributed by atoms with E-state index in [1.807, 2.05) is 14.1 Å². The van der Waals surface area contributed by atoms with E-state index in [9.17, 15) is 9.59 Å². The van der Waals surface area contributed by atoms with Crippen molar-refractivity contribution in [2.45, 2.75) is 26.8 Å². The van der Waals surface area contributed by atoms with E-state index < -0.39 is 11.4 Å². The molecule has 1 aromatic rings. The predicted octanol–water partition coefficient (Wildman–Crippen LogP) is 0.810. The van der Waals surface area contributed by atoms with E-state index in [1.54, 1.807) is 24.9 Å². The second-order valence-electron chi connectivity index (χ2n) is 5.11. The monoisotopic (exact) mass is 253 g/mol. The number of hydrogen-bond donors (Lipinski definition) is 1. The molecule has 0 aliphatic rings. The summed E-state index contributed by atoms with van der Waals surface area (Å²) in [6.45, 7) is 3.56. The summed E-state index contributed by atoms with van der Waals surface area (Å²) in [5.74, 6) is -0.875. The van der Waals surface area contributed by atoms with Crippen LogP contribution in [0, 0.1) is 5.41 Å². The normalized spacial score (nSPS) is 11.3. The number of rotatable bonds is 5. The summed E-state index contributed by atoms with van der Waals surface area (Å²) in [5, 5.41) is 13.0. The summed E-state index contributed by atoms with van der Waals surface area (Å²) >= 11 is 0. The Morgan fingerprint density at radius 3 is 2.56 bits per heavy atom. The first kappa shape index (κ1) is 14.2. The molecule has 0 aliphatic carbocycles. The van der Waals surface area contributed by atoms with Gasteiger partial charge in [-0.2, -0.15) is 5.10 Å². The molecule has 0 aliphatic heterocycles. The second-order valence-corrected chi connectivity index (χ2v) is 5.11. The van der Waals surface area contributed by atoms with Gasteiger partial charge in [-0.25, -0.2) is 4.68 Å². The quantitative estimate of drug-likeness (QED) is 0.840. The Bertz CT molecular complexity index is 492. The number of aromatic nitrogens is 2. The van der Waals surface area contributed by atoms with E-state index in [1.165, 1.54) is 10.7 Å². The van der Waals surface area contributed by atoms with Crippen LogP contribution in [0.4, 0.5) is 5.69 Å². The van der Waals surface area contributed by atoms with Crippen LogP contribution in [0.25, 0.3) is 0 Å². The number of carbonyl (C=O) groups is 1. The fourth-order valence-electron chi connectivity index (χ4n) is 1.33. The first-order chi connectivity index (χ1) is 8.24. The summed E-state index contributed by atoms with van der Waals surface area (Å²) in [7, 11) is 3.66. The second kappa shape index (κ2) is 5.20. The first-order valence-corrected chi connectivity index (χ1v) is 5.72. The summed E-state index contributed by atoms with van der Waals surface area (Å²) in [6, 6.07) is 1.49. The van der Waals surface area contributed by atoms with Crippen LogP contribution < -0.4 is 10.5 Å². The Labute approximate surface area is 106 Å². The van der Waals surface area contributed by atoms with Gasteiger partial charge in [0.05, 0.1) is 17.3 Å². The fraction of sp³-hybridized carbons (Fsp3) is 0.583. The number of aliphatic carboxylic acids is 1. The zero-order chi connectivity index (χ0) is 13.9. The number of aryl methyl sites for hydroxylation is 1. The molecule has 6 heteroatoms. The van der Waals surface area contributed by atoms with Gasteiger partial charge in [-0.1, -0.05) is 0 Å². The van der Waals surface area contributed by atoms with Gasteiger partial charge in [0.15, 0.2) is 0 Å². The van der Waals surface area contributed by atoms with Crippen LogP contribution in [0.3, 0.4) is 0 Å². The SMILES string of the molecule is CN(C)c1cnn(CCC(C)(C)C(=O)O)c(=O)c1. The van der Waals surface area contributed by atoms with Gasteiger partial charge in [0.25, 0.3) is 5.56 Å². The Hall–Kier alpha value is -1.85. The highest BCUT2D eigenvalue weighted by atomic mass is 16.4. The van der Waals surface area contributed by atoms with Crippen molar-refractivity contribution in [2.75, 3.05) is 19.0 Å². The largest absolute Gasteiger partial charge is 0.481 e. The molecule has 0 radical (unpaired) electrons. The van der Waals surface area contributed by atoms with Crippen LogP contribution in [0.2, 0.25) is 0 Å². The molecule has 0 saturated heterocycles. The molecule has 0 bridgehead atoms. The molecular weight excluding hydrogens is 234 g/mol. The smallest absolute Gasteiger partial charge is 0.309 e. The third-order valence-corrected chi connectivity index (χ3v) is 2.90. The molecule has 0 amide bonds. The van der Waals surface area contributed by atoms with Crippen molar-refractivity contribution < 1.29 is 9.90 Å². The fourth-order valence-corrected chi connectivity index (χ4v) is 1.33. The van der Waals surface area contributed by atoms with E-state index >= 15 is 0 Å². The van der Waals surface area contributed by atoms with Crippen molar-refractivity contribution in [3.8, 4) is 0 Å². The summed E-state index contributed by atoms with van der Waals surface area (Å²) in [4.78, 5) is 24.5. The van der Waals surface area contributed by atoms with Crippen LogP contribution in [0.15, 0.2) is 17.1 Å². The topological polar surface area (TPSA) is 75.4 Å². The minimum Gasteiger partial charge on any atom is -0.481 e. The molecule has 1 heterocycles. The highest BCUT2D eigenvalue weighted by Crippen LogP contribution is 2.20. The Morgan fingerprint density at radius 1 is 1.50 bits per heavy atom. The third kappa shape index (κ3) is 3.32. The third-order valence-electron chi connectivity index (χ3n) is 2.90. The Kier molecular flexibility index (Phi) is 4.11. The van der Waals surface area contributed by atoms with Gasteiger partial charge in [0.1, 0.15) is 0 Å².